The molecule has 11 heteroatoms. The second-order valence-corrected chi connectivity index (χ2v) is 9.33. The van der Waals surface area contributed by atoms with E-state index < -0.39 is 70.1 Å². The maximum Gasteiger partial charge on any atom is 0.235 e. The smallest absolute Gasteiger partial charge is 0.235 e. The summed E-state index contributed by atoms with van der Waals surface area (Å²) in [5.41, 5.74) is 2.89. The number of carbonyl (C=O) groups is 5. The Kier molecular flexibility index (Phi) is 4.91. The summed E-state index contributed by atoms with van der Waals surface area (Å²) in [5, 5.41) is 21.6. The topological polar surface area (TPSA) is 168 Å². The number of aromatic nitrogens is 1. The average Bonchev–Trinajstić information content (AvgIpc) is 2.67. The van der Waals surface area contributed by atoms with Gasteiger partial charge in [-0.05, 0) is 54.3 Å². The number of aromatic hydroxyl groups is 1. The van der Waals surface area contributed by atoms with E-state index in [1.165, 1.54) is 19.0 Å². The molecule has 4 rings (SSSR count). The van der Waals surface area contributed by atoms with Crippen LogP contribution in [0, 0.1) is 23.7 Å². The molecule has 0 bridgehead atoms. The van der Waals surface area contributed by atoms with Crippen LogP contribution >= 0.6 is 15.9 Å². The van der Waals surface area contributed by atoms with Gasteiger partial charge in [-0.2, -0.15) is 0 Å². The lowest BCUT2D eigenvalue weighted by Gasteiger charge is -2.52. The van der Waals surface area contributed by atoms with Gasteiger partial charge in [0.05, 0.1) is 23.7 Å². The molecule has 2 unspecified atom stereocenters. The maximum atomic E-state index is 13.5. The summed E-state index contributed by atoms with van der Waals surface area (Å²) in [5.74, 6) is -10.7. The quantitative estimate of drug-likeness (QED) is 0.346. The summed E-state index contributed by atoms with van der Waals surface area (Å²) >= 11 is 3.26. The van der Waals surface area contributed by atoms with Gasteiger partial charge in [0.1, 0.15) is 10.4 Å². The fourth-order valence-corrected chi connectivity index (χ4v) is 5.92. The number of hydrogen-bond acceptors (Lipinski definition) is 9. The second kappa shape index (κ2) is 7.01. The lowest BCUT2D eigenvalue weighted by Crippen LogP contribution is -2.74. The van der Waals surface area contributed by atoms with E-state index >= 15 is 0 Å². The van der Waals surface area contributed by atoms with Gasteiger partial charge in [0, 0.05) is 5.92 Å². The number of pyridine rings is 1. The summed E-state index contributed by atoms with van der Waals surface area (Å²) in [6, 6.07) is -1.12. The van der Waals surface area contributed by atoms with E-state index in [0.29, 0.717) is 10.2 Å². The minimum Gasteiger partial charge on any atom is -0.506 e. The Morgan fingerprint density at radius 3 is 2.48 bits per heavy atom. The van der Waals surface area contributed by atoms with Crippen molar-refractivity contribution in [2.45, 2.75) is 24.5 Å². The zero-order chi connectivity index (χ0) is 23.0. The number of primary amides is 1. The standard InChI is InChI=1S/C20H20BrN3O7/c1-24(2)13-8-4-6-3-7-11(9(25)5-23-18(7)21)14(26)10(6)16(28)20(8,31)17(29)12(15(13)27)19(22)30/h5-6,8,10,12-13,25,31H,3-4H2,1-2H3,(H2,22,30)/t6-,8-,10?,12?,13-,20-/m0/s1. The summed E-state index contributed by atoms with van der Waals surface area (Å²) in [4.78, 5) is 70.1. The molecular weight excluding hydrogens is 474 g/mol. The molecule has 1 amide bonds. The van der Waals surface area contributed by atoms with Gasteiger partial charge >= 0.3 is 0 Å². The molecule has 1 aromatic rings. The van der Waals surface area contributed by atoms with E-state index in [2.05, 4.69) is 20.9 Å². The van der Waals surface area contributed by atoms with E-state index in [9.17, 15) is 34.2 Å². The molecule has 0 spiro atoms. The van der Waals surface area contributed by atoms with Crippen molar-refractivity contribution in [3.63, 3.8) is 0 Å². The van der Waals surface area contributed by atoms with Gasteiger partial charge in [-0.3, -0.25) is 28.9 Å². The maximum absolute atomic E-state index is 13.5. The van der Waals surface area contributed by atoms with E-state index in [-0.39, 0.29) is 18.4 Å². The normalized spacial score (nSPS) is 34.9. The molecule has 164 valence electrons. The van der Waals surface area contributed by atoms with E-state index in [4.69, 9.17) is 5.73 Å². The van der Waals surface area contributed by atoms with Crippen molar-refractivity contribution in [2.75, 3.05) is 14.1 Å². The third kappa shape index (κ3) is 2.76. The Bertz CT molecular complexity index is 1070. The van der Waals surface area contributed by atoms with E-state index in [1.54, 1.807) is 0 Å². The number of aliphatic hydroxyl groups is 1. The fourth-order valence-electron chi connectivity index (χ4n) is 5.46. The molecule has 6 atom stereocenters. The van der Waals surface area contributed by atoms with Gasteiger partial charge in [0.15, 0.2) is 34.7 Å². The largest absolute Gasteiger partial charge is 0.506 e. The molecule has 1 aromatic heterocycles. The molecule has 0 saturated heterocycles. The van der Waals surface area contributed by atoms with Crippen LogP contribution < -0.4 is 5.73 Å². The summed E-state index contributed by atoms with van der Waals surface area (Å²) in [6.45, 7) is 0. The number of halogens is 1. The van der Waals surface area contributed by atoms with Gasteiger partial charge in [0.25, 0.3) is 0 Å². The molecule has 1 heterocycles. The molecule has 2 saturated carbocycles. The van der Waals surface area contributed by atoms with Crippen LogP contribution in [0.4, 0.5) is 0 Å². The zero-order valence-corrected chi connectivity index (χ0v) is 18.2. The Labute approximate surface area is 184 Å². The van der Waals surface area contributed by atoms with Gasteiger partial charge < -0.3 is 15.9 Å². The molecule has 3 aliphatic carbocycles. The number of hydrogen-bond donors (Lipinski definition) is 3. The number of nitrogens with zero attached hydrogens (tertiary/aromatic N) is 2. The highest BCUT2D eigenvalue weighted by Gasteiger charge is 2.69. The third-order valence-corrected chi connectivity index (χ3v) is 7.44. The van der Waals surface area contributed by atoms with Crippen LogP contribution in [0.3, 0.4) is 0 Å². The van der Waals surface area contributed by atoms with Crippen LogP contribution in [-0.2, 0) is 25.6 Å². The lowest BCUT2D eigenvalue weighted by molar-refractivity contribution is -0.181. The molecule has 31 heavy (non-hydrogen) atoms. The van der Waals surface area contributed by atoms with Crippen molar-refractivity contribution in [3.8, 4) is 5.75 Å². The van der Waals surface area contributed by atoms with Crippen molar-refractivity contribution in [2.24, 2.45) is 29.4 Å². The van der Waals surface area contributed by atoms with E-state index in [1.807, 2.05) is 0 Å². The number of ketones is 4. The Hall–Kier alpha value is -2.50. The first-order chi connectivity index (χ1) is 14.4. The van der Waals surface area contributed by atoms with Gasteiger partial charge in [0.2, 0.25) is 5.91 Å². The fraction of sp³-hybridized carbons (Fsp3) is 0.500. The number of fused-ring (bicyclic) bond motifs is 3. The summed E-state index contributed by atoms with van der Waals surface area (Å²) in [6.07, 6.45) is 1.25. The number of likely N-dealkylation sites (N-methyl/N-ethyl adjacent to an activating group) is 1. The summed E-state index contributed by atoms with van der Waals surface area (Å²) in [7, 11) is 3.07. The van der Waals surface area contributed by atoms with Crippen molar-refractivity contribution in [1.82, 2.24) is 9.88 Å². The summed E-state index contributed by atoms with van der Waals surface area (Å²) < 4.78 is 0.342. The van der Waals surface area contributed by atoms with Crippen LogP contribution in [0.25, 0.3) is 0 Å². The van der Waals surface area contributed by atoms with Crippen molar-refractivity contribution < 1.29 is 34.2 Å². The lowest BCUT2D eigenvalue weighted by atomic mass is 9.52. The number of Topliss-reactive ketones (excluding diaryl/α,β-unsaturated/α-hetero) is 4. The van der Waals surface area contributed by atoms with Crippen molar-refractivity contribution in [3.05, 3.63) is 21.9 Å². The molecule has 0 radical (unpaired) electrons. The third-order valence-electron chi connectivity index (χ3n) is 6.76. The molecule has 10 nitrogen and oxygen atoms in total. The Morgan fingerprint density at radius 2 is 1.90 bits per heavy atom. The molecule has 2 fully saturated rings. The predicted molar refractivity (Wildman–Crippen MR) is 107 cm³/mol. The molecule has 0 aliphatic heterocycles. The predicted octanol–water partition coefficient (Wildman–Crippen LogP) is -0.975. The Balaban J connectivity index is 1.88. The first-order valence-corrected chi connectivity index (χ1v) is 10.4. The monoisotopic (exact) mass is 493 g/mol. The van der Waals surface area contributed by atoms with Crippen LogP contribution in [-0.4, -0.2) is 74.9 Å². The average molecular weight is 494 g/mol. The second-order valence-electron chi connectivity index (χ2n) is 8.58. The van der Waals surface area contributed by atoms with Gasteiger partial charge in [-0.25, -0.2) is 4.98 Å². The number of amides is 1. The zero-order valence-electron chi connectivity index (χ0n) is 16.7. The highest BCUT2D eigenvalue weighted by atomic mass is 79.9. The van der Waals surface area contributed by atoms with Crippen LogP contribution in [0.5, 0.6) is 5.75 Å². The number of carbonyl (C=O) groups excluding carboxylic acids is 5. The van der Waals surface area contributed by atoms with Crippen molar-refractivity contribution >= 4 is 45.0 Å². The number of nitrogens with two attached hydrogens (primary N) is 1. The SMILES string of the molecule is CN(C)[C@@H]1C(=O)C(C(N)=O)C(=O)[C@@]2(O)C(=O)C3C(=O)c4c(O)cnc(Br)c4C[C@H]3C[C@@H]12. The minimum atomic E-state index is -2.71. The van der Waals surface area contributed by atoms with Gasteiger partial charge in [-0.15, -0.1) is 0 Å². The highest BCUT2D eigenvalue weighted by molar-refractivity contribution is 9.10. The van der Waals surface area contributed by atoms with Crippen LogP contribution in [0.2, 0.25) is 0 Å². The van der Waals surface area contributed by atoms with Crippen molar-refractivity contribution in [1.29, 1.82) is 0 Å². The number of rotatable bonds is 2. The molecular formula is C20H20BrN3O7. The van der Waals surface area contributed by atoms with E-state index in [0.717, 1.165) is 6.20 Å². The minimum absolute atomic E-state index is 0.00594. The highest BCUT2D eigenvalue weighted by Crippen LogP contribution is 2.51. The first-order valence-electron chi connectivity index (χ1n) is 9.63. The Morgan fingerprint density at radius 1 is 1.26 bits per heavy atom. The van der Waals surface area contributed by atoms with Gasteiger partial charge in [-0.1, -0.05) is 0 Å². The molecule has 0 aromatic carbocycles. The first kappa shape index (κ1) is 21.7. The molecule has 3 aliphatic rings. The van der Waals surface area contributed by atoms with Crippen LogP contribution in [0.1, 0.15) is 22.3 Å². The van der Waals surface area contributed by atoms with Crippen LogP contribution in [0.15, 0.2) is 10.8 Å². The molecule has 4 N–H and O–H groups in total.